The lowest BCUT2D eigenvalue weighted by molar-refractivity contribution is 0.102. The van der Waals surface area contributed by atoms with Crippen molar-refractivity contribution in [1.29, 1.82) is 0 Å². The summed E-state index contributed by atoms with van der Waals surface area (Å²) in [7, 11) is 0. The first-order valence-electron chi connectivity index (χ1n) is 5.18. The zero-order valence-electron chi connectivity index (χ0n) is 9.58. The molecule has 17 heavy (non-hydrogen) atoms. The van der Waals surface area contributed by atoms with E-state index >= 15 is 0 Å². The summed E-state index contributed by atoms with van der Waals surface area (Å²) in [5.41, 5.74) is 3.40. The van der Waals surface area contributed by atoms with Crippen LogP contribution < -0.4 is 5.32 Å². The van der Waals surface area contributed by atoms with Crippen molar-refractivity contribution < 1.29 is 4.79 Å². The van der Waals surface area contributed by atoms with Crippen molar-refractivity contribution in [2.45, 2.75) is 13.8 Å². The Labute approximate surface area is 109 Å². The smallest absolute Gasteiger partial charge is 0.256 e. The van der Waals surface area contributed by atoms with Crippen molar-refractivity contribution >= 4 is 34.5 Å². The molecule has 1 amide bonds. The van der Waals surface area contributed by atoms with Gasteiger partial charge in [0.1, 0.15) is 0 Å². The van der Waals surface area contributed by atoms with Gasteiger partial charge < -0.3 is 5.32 Å². The minimum absolute atomic E-state index is 0.125. The number of thiophene rings is 1. The number of carbonyl (C=O) groups is 1. The van der Waals surface area contributed by atoms with Crippen LogP contribution in [0.4, 0.5) is 5.69 Å². The van der Waals surface area contributed by atoms with Crippen molar-refractivity contribution in [3.05, 3.63) is 50.7 Å². The van der Waals surface area contributed by atoms with E-state index in [1.807, 2.05) is 36.7 Å². The maximum atomic E-state index is 11.9. The molecule has 0 saturated heterocycles. The molecule has 0 radical (unpaired) electrons. The van der Waals surface area contributed by atoms with Gasteiger partial charge in [0.2, 0.25) is 0 Å². The summed E-state index contributed by atoms with van der Waals surface area (Å²) >= 11 is 7.62. The topological polar surface area (TPSA) is 29.1 Å². The molecule has 1 heterocycles. The molecule has 2 nitrogen and oxygen atoms in total. The molecule has 88 valence electrons. The monoisotopic (exact) mass is 265 g/mol. The number of amides is 1. The van der Waals surface area contributed by atoms with Crippen LogP contribution in [0, 0.1) is 13.8 Å². The van der Waals surface area contributed by atoms with Crippen LogP contribution in [0.25, 0.3) is 0 Å². The van der Waals surface area contributed by atoms with Gasteiger partial charge in [-0.15, -0.1) is 0 Å². The number of hydrogen-bond donors (Lipinski definition) is 1. The lowest BCUT2D eigenvalue weighted by atomic mass is 10.1. The summed E-state index contributed by atoms with van der Waals surface area (Å²) in [5, 5.41) is 7.10. The molecular weight excluding hydrogens is 254 g/mol. The second-order valence-corrected chi connectivity index (χ2v) is 5.09. The van der Waals surface area contributed by atoms with E-state index in [0.717, 1.165) is 11.1 Å². The highest BCUT2D eigenvalue weighted by atomic mass is 35.5. The number of hydrogen-bond acceptors (Lipinski definition) is 2. The zero-order valence-corrected chi connectivity index (χ0v) is 11.2. The van der Waals surface area contributed by atoms with Gasteiger partial charge in [0, 0.05) is 5.38 Å². The Hall–Kier alpha value is -1.32. The number of nitrogens with one attached hydrogen (secondary N) is 1. The number of carbonyl (C=O) groups excluding carboxylic acids is 1. The second kappa shape index (κ2) is 4.90. The zero-order chi connectivity index (χ0) is 12.4. The Morgan fingerprint density at radius 1 is 1.35 bits per heavy atom. The van der Waals surface area contributed by atoms with Gasteiger partial charge in [-0.3, -0.25) is 4.79 Å². The third-order valence-electron chi connectivity index (χ3n) is 2.45. The minimum Gasteiger partial charge on any atom is -0.320 e. The highest BCUT2D eigenvalue weighted by Crippen LogP contribution is 2.27. The molecule has 0 aliphatic carbocycles. The first kappa shape index (κ1) is 12.1. The van der Waals surface area contributed by atoms with E-state index in [1.165, 1.54) is 11.3 Å². The molecule has 4 heteroatoms. The first-order chi connectivity index (χ1) is 8.08. The fourth-order valence-corrected chi connectivity index (χ4v) is 2.66. The summed E-state index contributed by atoms with van der Waals surface area (Å²) in [6.45, 7) is 3.91. The van der Waals surface area contributed by atoms with E-state index in [-0.39, 0.29) is 5.91 Å². The molecule has 2 aromatic rings. The predicted octanol–water partition coefficient (Wildman–Crippen LogP) is 4.27. The van der Waals surface area contributed by atoms with Gasteiger partial charge in [0.05, 0.1) is 16.3 Å². The Bertz CT molecular complexity index is 526. The molecule has 1 aromatic heterocycles. The van der Waals surface area contributed by atoms with Gasteiger partial charge in [0.25, 0.3) is 5.91 Å². The van der Waals surface area contributed by atoms with Crippen molar-refractivity contribution in [2.24, 2.45) is 0 Å². The minimum atomic E-state index is -0.125. The Morgan fingerprint density at radius 3 is 2.71 bits per heavy atom. The molecule has 0 bridgehead atoms. The molecule has 2 rings (SSSR count). The van der Waals surface area contributed by atoms with E-state index in [4.69, 9.17) is 11.6 Å². The summed E-state index contributed by atoms with van der Waals surface area (Å²) < 4.78 is 0. The highest BCUT2D eigenvalue weighted by molar-refractivity contribution is 7.08. The maximum Gasteiger partial charge on any atom is 0.256 e. The molecule has 0 fully saturated rings. The maximum absolute atomic E-state index is 11.9. The average molecular weight is 266 g/mol. The van der Waals surface area contributed by atoms with Crippen LogP contribution in [0.1, 0.15) is 21.5 Å². The molecular formula is C13H12ClNOS. The molecule has 1 N–H and O–H groups in total. The third kappa shape index (κ3) is 2.68. The molecule has 0 saturated carbocycles. The predicted molar refractivity (Wildman–Crippen MR) is 73.2 cm³/mol. The van der Waals surface area contributed by atoms with Crippen LogP contribution in [-0.4, -0.2) is 5.91 Å². The van der Waals surface area contributed by atoms with Crippen molar-refractivity contribution in [1.82, 2.24) is 0 Å². The quantitative estimate of drug-likeness (QED) is 0.863. The van der Waals surface area contributed by atoms with E-state index in [9.17, 15) is 4.79 Å². The molecule has 1 aromatic carbocycles. The fraction of sp³-hybridized carbons (Fsp3) is 0.154. The number of anilines is 1. The molecule has 0 aliphatic rings. The number of aryl methyl sites for hydroxylation is 2. The summed E-state index contributed by atoms with van der Waals surface area (Å²) in [6, 6.07) is 5.63. The third-order valence-corrected chi connectivity index (χ3v) is 3.43. The van der Waals surface area contributed by atoms with E-state index < -0.39 is 0 Å². The summed E-state index contributed by atoms with van der Waals surface area (Å²) in [6.07, 6.45) is 0. The lowest BCUT2D eigenvalue weighted by Crippen LogP contribution is -2.12. The van der Waals surface area contributed by atoms with Gasteiger partial charge in [-0.25, -0.2) is 0 Å². The summed E-state index contributed by atoms with van der Waals surface area (Å²) in [5.74, 6) is -0.125. The van der Waals surface area contributed by atoms with Gasteiger partial charge in [0.15, 0.2) is 0 Å². The van der Waals surface area contributed by atoms with Gasteiger partial charge in [-0.05, 0) is 42.5 Å². The molecule has 0 aliphatic heterocycles. The van der Waals surface area contributed by atoms with Crippen LogP contribution in [-0.2, 0) is 0 Å². The largest absolute Gasteiger partial charge is 0.320 e. The lowest BCUT2D eigenvalue weighted by Gasteiger charge is -2.10. The SMILES string of the molecule is Cc1cc(C)c(NC(=O)c2ccsc2)c(Cl)c1. The number of benzene rings is 1. The average Bonchev–Trinajstić information content (AvgIpc) is 2.76. The Kier molecular flexibility index (Phi) is 3.50. The highest BCUT2D eigenvalue weighted by Gasteiger charge is 2.11. The van der Waals surface area contributed by atoms with Crippen LogP contribution >= 0.6 is 22.9 Å². The Balaban J connectivity index is 2.28. The van der Waals surface area contributed by atoms with E-state index in [1.54, 1.807) is 6.07 Å². The van der Waals surface area contributed by atoms with Crippen LogP contribution in [0.5, 0.6) is 0 Å². The van der Waals surface area contributed by atoms with E-state index in [0.29, 0.717) is 16.3 Å². The number of halogens is 1. The van der Waals surface area contributed by atoms with Gasteiger partial charge in [-0.1, -0.05) is 17.7 Å². The fourth-order valence-electron chi connectivity index (χ4n) is 1.65. The van der Waals surface area contributed by atoms with Crippen molar-refractivity contribution in [2.75, 3.05) is 5.32 Å². The number of rotatable bonds is 2. The first-order valence-corrected chi connectivity index (χ1v) is 6.50. The van der Waals surface area contributed by atoms with Crippen LogP contribution in [0.15, 0.2) is 29.0 Å². The Morgan fingerprint density at radius 2 is 2.12 bits per heavy atom. The normalized spacial score (nSPS) is 10.3. The van der Waals surface area contributed by atoms with Gasteiger partial charge in [-0.2, -0.15) is 11.3 Å². The van der Waals surface area contributed by atoms with Crippen molar-refractivity contribution in [3.63, 3.8) is 0 Å². The molecule has 0 unspecified atom stereocenters. The van der Waals surface area contributed by atoms with Crippen molar-refractivity contribution in [3.8, 4) is 0 Å². The van der Waals surface area contributed by atoms with Gasteiger partial charge >= 0.3 is 0 Å². The van der Waals surface area contributed by atoms with E-state index in [2.05, 4.69) is 5.32 Å². The standard InChI is InChI=1S/C13H12ClNOS/c1-8-5-9(2)12(11(14)6-8)15-13(16)10-3-4-17-7-10/h3-7H,1-2H3,(H,15,16). The second-order valence-electron chi connectivity index (χ2n) is 3.90. The van der Waals surface area contributed by atoms with Crippen LogP contribution in [0.3, 0.4) is 0 Å². The summed E-state index contributed by atoms with van der Waals surface area (Å²) in [4.78, 5) is 11.9. The van der Waals surface area contributed by atoms with Crippen LogP contribution in [0.2, 0.25) is 5.02 Å². The molecule has 0 atom stereocenters. The molecule has 0 spiro atoms.